The quantitative estimate of drug-likeness (QED) is 0.681. The maximum Gasteiger partial charge on any atom is 0.259 e. The van der Waals surface area contributed by atoms with Gasteiger partial charge in [0.1, 0.15) is 11.6 Å². The van der Waals surface area contributed by atoms with Gasteiger partial charge in [-0.2, -0.15) is 0 Å². The highest BCUT2D eigenvalue weighted by molar-refractivity contribution is 7.89. The first-order valence-corrected chi connectivity index (χ1v) is 10.3. The number of hydrogen-bond acceptors (Lipinski definition) is 5. The first-order valence-electron chi connectivity index (χ1n) is 8.79. The molecule has 0 aliphatic carbocycles. The topological polar surface area (TPSA) is 96.5 Å². The minimum absolute atomic E-state index is 0.0272. The molecule has 3 N–H and O–H groups in total. The third kappa shape index (κ3) is 4.49. The molecule has 2 aromatic rings. The summed E-state index contributed by atoms with van der Waals surface area (Å²) in [6, 6.07) is 8.09. The summed E-state index contributed by atoms with van der Waals surface area (Å²) in [5, 5.41) is 5.73. The van der Waals surface area contributed by atoms with Gasteiger partial charge in [-0.25, -0.2) is 17.5 Å². The highest BCUT2D eigenvalue weighted by Crippen LogP contribution is 2.24. The zero-order chi connectivity index (χ0) is 20.3. The first kappa shape index (κ1) is 20.2. The second-order valence-electron chi connectivity index (χ2n) is 6.59. The summed E-state index contributed by atoms with van der Waals surface area (Å²) in [5.41, 5.74) is 0.849. The number of hydrogen-bond donors (Lipinski definition) is 3. The van der Waals surface area contributed by atoms with Crippen LogP contribution in [-0.4, -0.2) is 40.6 Å². The van der Waals surface area contributed by atoms with E-state index in [-0.39, 0.29) is 28.1 Å². The molecular formula is C19H22FN3O4S. The summed E-state index contributed by atoms with van der Waals surface area (Å²) in [6.07, 6.45) is 0.701. The lowest BCUT2D eigenvalue weighted by molar-refractivity contribution is 0.102. The lowest BCUT2D eigenvalue weighted by atomic mass is 10.1. The molecule has 0 bridgehead atoms. The SMILES string of the molecule is COc1ccc(S(=O)(=O)N[C@H]2CCNC2)cc1C(=O)Nc1ccc(F)c(C)c1. The summed E-state index contributed by atoms with van der Waals surface area (Å²) in [7, 11) is -2.39. The van der Waals surface area contributed by atoms with Crippen molar-refractivity contribution in [1.82, 2.24) is 10.0 Å². The second kappa shape index (κ2) is 8.26. The van der Waals surface area contributed by atoms with Crippen molar-refractivity contribution in [3.63, 3.8) is 0 Å². The van der Waals surface area contributed by atoms with Crippen LogP contribution in [0, 0.1) is 12.7 Å². The van der Waals surface area contributed by atoms with Crippen LogP contribution in [0.1, 0.15) is 22.3 Å². The average Bonchev–Trinajstić information content (AvgIpc) is 3.16. The van der Waals surface area contributed by atoms with E-state index in [1.54, 1.807) is 6.92 Å². The molecular weight excluding hydrogens is 385 g/mol. The number of amides is 1. The monoisotopic (exact) mass is 407 g/mol. The van der Waals surface area contributed by atoms with Crippen LogP contribution in [-0.2, 0) is 10.0 Å². The van der Waals surface area contributed by atoms with Crippen molar-refractivity contribution in [3.8, 4) is 5.75 Å². The molecule has 9 heteroatoms. The summed E-state index contributed by atoms with van der Waals surface area (Å²) < 4.78 is 46.6. The molecule has 0 aromatic heterocycles. The molecule has 1 aliphatic rings. The average molecular weight is 407 g/mol. The Kier molecular flexibility index (Phi) is 5.97. The Labute approximate surface area is 163 Å². The van der Waals surface area contributed by atoms with E-state index in [9.17, 15) is 17.6 Å². The fourth-order valence-electron chi connectivity index (χ4n) is 3.00. The fraction of sp³-hybridized carbons (Fsp3) is 0.316. The first-order chi connectivity index (χ1) is 13.3. The number of nitrogens with one attached hydrogen (secondary N) is 3. The molecule has 0 spiro atoms. The molecule has 0 unspecified atom stereocenters. The number of rotatable bonds is 6. The van der Waals surface area contributed by atoms with Gasteiger partial charge in [0.2, 0.25) is 10.0 Å². The van der Waals surface area contributed by atoms with Crippen LogP contribution in [0.5, 0.6) is 5.75 Å². The van der Waals surface area contributed by atoms with E-state index in [2.05, 4.69) is 15.4 Å². The van der Waals surface area contributed by atoms with E-state index in [1.165, 1.54) is 43.5 Å². The third-order valence-electron chi connectivity index (χ3n) is 4.52. The Morgan fingerprint density at radius 3 is 2.68 bits per heavy atom. The van der Waals surface area contributed by atoms with Crippen LogP contribution >= 0.6 is 0 Å². The minimum Gasteiger partial charge on any atom is -0.496 e. The molecule has 0 saturated carbocycles. The van der Waals surface area contributed by atoms with Crippen LogP contribution in [0.3, 0.4) is 0 Å². The van der Waals surface area contributed by atoms with Gasteiger partial charge in [-0.15, -0.1) is 0 Å². The molecule has 3 rings (SSSR count). The predicted octanol–water partition coefficient (Wildman–Crippen LogP) is 2.04. The lowest BCUT2D eigenvalue weighted by Crippen LogP contribution is -2.36. The molecule has 0 radical (unpaired) electrons. The number of aryl methyl sites for hydroxylation is 1. The van der Waals surface area contributed by atoms with Gasteiger partial charge < -0.3 is 15.4 Å². The van der Waals surface area contributed by atoms with Crippen molar-refractivity contribution in [3.05, 3.63) is 53.3 Å². The van der Waals surface area contributed by atoms with Crippen LogP contribution < -0.4 is 20.1 Å². The Morgan fingerprint density at radius 2 is 2.04 bits per heavy atom. The summed E-state index contributed by atoms with van der Waals surface area (Å²) in [6.45, 7) is 2.90. The molecule has 1 heterocycles. The van der Waals surface area contributed by atoms with Gasteiger partial charge in [-0.3, -0.25) is 4.79 Å². The molecule has 2 aromatic carbocycles. The van der Waals surface area contributed by atoms with Crippen molar-refractivity contribution in [1.29, 1.82) is 0 Å². The van der Waals surface area contributed by atoms with Gasteiger partial charge in [-0.05, 0) is 61.9 Å². The summed E-state index contributed by atoms with van der Waals surface area (Å²) >= 11 is 0. The van der Waals surface area contributed by atoms with Crippen LogP contribution in [0.15, 0.2) is 41.3 Å². The molecule has 1 saturated heterocycles. The molecule has 1 aliphatic heterocycles. The molecule has 28 heavy (non-hydrogen) atoms. The van der Waals surface area contributed by atoms with E-state index in [4.69, 9.17) is 4.74 Å². The largest absolute Gasteiger partial charge is 0.496 e. The number of methoxy groups -OCH3 is 1. The summed E-state index contributed by atoms with van der Waals surface area (Å²) in [5.74, 6) is -0.698. The standard InChI is InChI=1S/C19H22FN3O4S/c1-12-9-13(3-5-17(12)20)22-19(24)16-10-15(4-6-18(16)27-2)28(25,26)23-14-7-8-21-11-14/h3-6,9-10,14,21,23H,7-8,11H2,1-2H3,(H,22,24)/t14-/m0/s1. The molecule has 150 valence electrons. The van der Waals surface area contributed by atoms with E-state index in [0.29, 0.717) is 24.2 Å². The number of ether oxygens (including phenoxy) is 1. The van der Waals surface area contributed by atoms with Crippen molar-refractivity contribution in [2.24, 2.45) is 0 Å². The zero-order valence-electron chi connectivity index (χ0n) is 15.6. The smallest absolute Gasteiger partial charge is 0.259 e. The van der Waals surface area contributed by atoms with Gasteiger partial charge in [0, 0.05) is 18.3 Å². The normalized spacial score (nSPS) is 16.8. The van der Waals surface area contributed by atoms with E-state index < -0.39 is 15.9 Å². The zero-order valence-corrected chi connectivity index (χ0v) is 16.4. The number of sulfonamides is 1. The van der Waals surface area contributed by atoms with Crippen LogP contribution in [0.4, 0.5) is 10.1 Å². The minimum atomic E-state index is -3.79. The molecule has 1 atom stereocenters. The van der Waals surface area contributed by atoms with Gasteiger partial charge >= 0.3 is 0 Å². The maximum absolute atomic E-state index is 13.4. The number of halogens is 1. The molecule has 7 nitrogen and oxygen atoms in total. The number of anilines is 1. The van der Waals surface area contributed by atoms with Crippen molar-refractivity contribution < 1.29 is 22.3 Å². The molecule has 1 amide bonds. The fourth-order valence-corrected chi connectivity index (χ4v) is 4.29. The predicted molar refractivity (Wildman–Crippen MR) is 104 cm³/mol. The van der Waals surface area contributed by atoms with Gasteiger partial charge in [0.05, 0.1) is 17.6 Å². The van der Waals surface area contributed by atoms with E-state index in [0.717, 1.165) is 6.54 Å². The Bertz CT molecular complexity index is 989. The highest BCUT2D eigenvalue weighted by atomic mass is 32.2. The Hall–Kier alpha value is -2.49. The van der Waals surface area contributed by atoms with Gasteiger partial charge in [-0.1, -0.05) is 0 Å². The Morgan fingerprint density at radius 1 is 1.25 bits per heavy atom. The van der Waals surface area contributed by atoms with Crippen LogP contribution in [0.2, 0.25) is 0 Å². The van der Waals surface area contributed by atoms with Crippen molar-refractivity contribution in [2.45, 2.75) is 24.3 Å². The second-order valence-corrected chi connectivity index (χ2v) is 8.31. The van der Waals surface area contributed by atoms with Crippen LogP contribution in [0.25, 0.3) is 0 Å². The van der Waals surface area contributed by atoms with Gasteiger partial charge in [0.25, 0.3) is 5.91 Å². The number of carbonyl (C=O) groups excluding carboxylic acids is 1. The lowest BCUT2D eigenvalue weighted by Gasteiger charge is -2.15. The van der Waals surface area contributed by atoms with E-state index in [1.807, 2.05) is 0 Å². The maximum atomic E-state index is 13.4. The Balaban J connectivity index is 1.87. The summed E-state index contributed by atoms with van der Waals surface area (Å²) in [4.78, 5) is 12.7. The van der Waals surface area contributed by atoms with Gasteiger partial charge in [0.15, 0.2) is 0 Å². The third-order valence-corrected chi connectivity index (χ3v) is 6.04. The molecule has 1 fully saturated rings. The highest BCUT2D eigenvalue weighted by Gasteiger charge is 2.25. The van der Waals surface area contributed by atoms with Crippen molar-refractivity contribution >= 4 is 21.6 Å². The number of benzene rings is 2. The van der Waals surface area contributed by atoms with E-state index >= 15 is 0 Å². The number of carbonyl (C=O) groups is 1. The van der Waals surface area contributed by atoms with Crippen molar-refractivity contribution in [2.75, 3.05) is 25.5 Å².